The molecule has 54 heavy (non-hydrogen) atoms. The fourth-order valence-electron chi connectivity index (χ4n) is 15.7. The van der Waals surface area contributed by atoms with Crippen LogP contribution in [0, 0.1) is 57.7 Å². The van der Waals surface area contributed by atoms with E-state index < -0.39 is 39.8 Å². The monoisotopic (exact) mass is 753 g/mol. The van der Waals surface area contributed by atoms with Gasteiger partial charge in [-0.05, 0) is 168 Å². The van der Waals surface area contributed by atoms with E-state index in [0.717, 1.165) is 108 Å². The summed E-state index contributed by atoms with van der Waals surface area (Å²) in [6, 6.07) is 0. The van der Waals surface area contributed by atoms with Crippen LogP contribution in [-0.4, -0.2) is 87.2 Å². The van der Waals surface area contributed by atoms with E-state index in [0.29, 0.717) is 37.2 Å². The molecule has 0 aromatic carbocycles. The number of piperidine rings is 1. The van der Waals surface area contributed by atoms with Crippen molar-refractivity contribution in [1.29, 1.82) is 0 Å². The second-order valence-electron chi connectivity index (χ2n) is 21.4. The van der Waals surface area contributed by atoms with Gasteiger partial charge in [0, 0.05) is 23.4 Å². The highest BCUT2D eigenvalue weighted by molar-refractivity contribution is 6.00. The molecule has 0 aromatic rings. The number of hydrogen-bond acceptors (Lipinski definition) is 9. The highest BCUT2D eigenvalue weighted by Gasteiger charge is 2.78. The number of Topliss-reactive ketones (excluding diaryl/α,β-unsaturated/α-hetero) is 1. The Morgan fingerprint density at radius 3 is 2.48 bits per heavy atom. The van der Waals surface area contributed by atoms with Crippen LogP contribution in [0.1, 0.15) is 143 Å². The average molecular weight is 753 g/mol. The third kappa shape index (κ3) is 5.26. The quantitative estimate of drug-likeness (QED) is 0.166. The molecule has 0 amide bonds. The third-order valence-corrected chi connectivity index (χ3v) is 19.0. The SMILES string of the molecule is CC1CCOC(C2OC2C(C)(O)C(C)(CO)CCC2CCNC(N)C2)(C2CC3CCC4=C5C(CCC2(C)C53O)C2(C3CCCC3)CCC(O)CC2C4=O)C1. The summed E-state index contributed by atoms with van der Waals surface area (Å²) in [6.07, 6.45) is 15.3. The summed E-state index contributed by atoms with van der Waals surface area (Å²) >= 11 is 0. The van der Waals surface area contributed by atoms with Gasteiger partial charge in [0.1, 0.15) is 17.8 Å². The highest BCUT2D eigenvalue weighted by atomic mass is 16.6. The van der Waals surface area contributed by atoms with E-state index >= 15 is 0 Å². The topological polar surface area (TPSA) is 158 Å². The van der Waals surface area contributed by atoms with E-state index in [2.05, 4.69) is 19.2 Å². The van der Waals surface area contributed by atoms with Gasteiger partial charge in [-0.15, -0.1) is 0 Å². The van der Waals surface area contributed by atoms with Crippen molar-refractivity contribution < 1.29 is 34.7 Å². The van der Waals surface area contributed by atoms with E-state index in [1.807, 2.05) is 13.8 Å². The maximum absolute atomic E-state index is 14.9. The Hall–Kier alpha value is -0.910. The maximum Gasteiger partial charge on any atom is 0.162 e. The molecule has 16 unspecified atom stereocenters. The van der Waals surface area contributed by atoms with Gasteiger partial charge in [0.2, 0.25) is 0 Å². The number of carbonyl (C=O) groups is 1. The van der Waals surface area contributed by atoms with Crippen molar-refractivity contribution in [2.75, 3.05) is 19.8 Å². The molecule has 304 valence electrons. The van der Waals surface area contributed by atoms with Crippen molar-refractivity contribution in [3.8, 4) is 0 Å². The van der Waals surface area contributed by atoms with Crippen molar-refractivity contribution in [3.05, 3.63) is 11.1 Å². The molecule has 9 rings (SSSR count). The van der Waals surface area contributed by atoms with Crippen molar-refractivity contribution in [2.45, 2.75) is 185 Å². The first kappa shape index (κ1) is 38.6. The van der Waals surface area contributed by atoms with Gasteiger partial charge in [-0.2, -0.15) is 0 Å². The van der Waals surface area contributed by atoms with Crippen LogP contribution in [0.2, 0.25) is 0 Å². The van der Waals surface area contributed by atoms with Gasteiger partial charge in [-0.25, -0.2) is 0 Å². The maximum atomic E-state index is 14.9. The van der Waals surface area contributed by atoms with Gasteiger partial charge >= 0.3 is 0 Å². The van der Waals surface area contributed by atoms with Gasteiger partial charge in [0.05, 0.1) is 30.1 Å². The summed E-state index contributed by atoms with van der Waals surface area (Å²) in [5, 5.41) is 51.7. The first-order valence-corrected chi connectivity index (χ1v) is 22.5. The summed E-state index contributed by atoms with van der Waals surface area (Å²) in [5.41, 5.74) is 3.77. The average Bonchev–Trinajstić information content (AvgIpc) is 3.72. The summed E-state index contributed by atoms with van der Waals surface area (Å²) in [5.74, 6) is 1.71. The van der Waals surface area contributed by atoms with E-state index in [1.165, 1.54) is 12.8 Å². The molecule has 0 spiro atoms. The number of aliphatic hydroxyl groups is 4. The van der Waals surface area contributed by atoms with Gasteiger partial charge < -0.3 is 41.0 Å². The molecule has 4 saturated carbocycles. The van der Waals surface area contributed by atoms with Crippen LogP contribution in [0.5, 0.6) is 0 Å². The minimum Gasteiger partial charge on any atom is -0.396 e. The Balaban J connectivity index is 1.06. The molecular weight excluding hydrogens is 681 g/mol. The molecule has 9 aliphatic rings. The number of hydrogen-bond donors (Lipinski definition) is 6. The number of aliphatic hydroxyl groups excluding tert-OH is 2. The predicted molar refractivity (Wildman–Crippen MR) is 206 cm³/mol. The lowest BCUT2D eigenvalue weighted by Gasteiger charge is -2.65. The van der Waals surface area contributed by atoms with Crippen LogP contribution < -0.4 is 11.1 Å². The number of nitrogens with one attached hydrogen (secondary N) is 1. The van der Waals surface area contributed by atoms with Crippen LogP contribution in [0.3, 0.4) is 0 Å². The zero-order chi connectivity index (χ0) is 38.1. The van der Waals surface area contributed by atoms with Crippen LogP contribution in [0.4, 0.5) is 0 Å². The highest BCUT2D eigenvalue weighted by Crippen LogP contribution is 2.76. The lowest BCUT2D eigenvalue weighted by atomic mass is 9.40. The number of nitrogens with two attached hydrogens (primary N) is 1. The van der Waals surface area contributed by atoms with E-state index in [1.54, 1.807) is 0 Å². The molecule has 16 atom stereocenters. The standard InChI is InChI=1S/C45H72N2O7/c1-26-15-20-53-44(24-26,39-38(54-39)42(4,51)40(2,25-48)16-11-27-14-19-47-35(46)21-27)34-22-29-9-10-31-36-32(13-17-41(34,3)45(29,36)52)43(28-7-5-6-8-28)18-12-30(49)23-33(43)37(31)50/h26-30,32-35,38-39,47-49,51-52H,5-25,46H2,1-4H3. The molecule has 7 N–H and O–H groups in total. The van der Waals surface area contributed by atoms with Gasteiger partial charge in [-0.3, -0.25) is 4.79 Å². The number of allylic oxidation sites excluding steroid dienone is 1. The van der Waals surface area contributed by atoms with E-state index in [4.69, 9.17) is 15.2 Å². The molecule has 0 bridgehead atoms. The summed E-state index contributed by atoms with van der Waals surface area (Å²) in [4.78, 5) is 14.9. The predicted octanol–water partition coefficient (Wildman–Crippen LogP) is 5.55. The second kappa shape index (κ2) is 13.3. The molecule has 9 nitrogen and oxygen atoms in total. The Labute approximate surface area is 324 Å². The molecule has 0 aromatic heterocycles. The van der Waals surface area contributed by atoms with Gasteiger partial charge in [-0.1, -0.05) is 33.6 Å². The fraction of sp³-hybridized carbons (Fsp3) is 0.933. The number of rotatable bonds is 9. The largest absolute Gasteiger partial charge is 0.396 e. The minimum atomic E-state index is -1.29. The Bertz CT molecular complexity index is 1510. The number of carbonyl (C=O) groups excluding carboxylic acids is 1. The number of ketones is 1. The Morgan fingerprint density at radius 2 is 1.76 bits per heavy atom. The smallest absolute Gasteiger partial charge is 0.162 e. The first-order valence-electron chi connectivity index (χ1n) is 22.5. The summed E-state index contributed by atoms with van der Waals surface area (Å²) < 4.78 is 13.9. The number of fused-ring (bicyclic) bond motifs is 2. The van der Waals surface area contributed by atoms with Crippen molar-refractivity contribution in [3.63, 3.8) is 0 Å². The van der Waals surface area contributed by atoms with Gasteiger partial charge in [0.25, 0.3) is 0 Å². The summed E-state index contributed by atoms with van der Waals surface area (Å²) in [6.45, 7) is 9.93. The first-order chi connectivity index (χ1) is 25.7. The van der Waals surface area contributed by atoms with Crippen LogP contribution in [0.15, 0.2) is 11.1 Å². The van der Waals surface area contributed by atoms with Crippen LogP contribution in [-0.2, 0) is 14.3 Å². The molecule has 3 aliphatic heterocycles. The zero-order valence-electron chi connectivity index (χ0n) is 33.8. The van der Waals surface area contributed by atoms with Crippen LogP contribution >= 0.6 is 0 Å². The Morgan fingerprint density at radius 1 is 0.981 bits per heavy atom. The molecule has 9 heteroatoms. The van der Waals surface area contributed by atoms with Crippen molar-refractivity contribution in [1.82, 2.24) is 5.32 Å². The second-order valence-corrected chi connectivity index (χ2v) is 21.4. The molecule has 3 heterocycles. The van der Waals surface area contributed by atoms with E-state index in [9.17, 15) is 25.2 Å². The minimum absolute atomic E-state index is 0.00129. The number of epoxide rings is 1. The normalized spacial score (nSPS) is 51.3. The zero-order valence-corrected chi connectivity index (χ0v) is 33.8. The summed E-state index contributed by atoms with van der Waals surface area (Å²) in [7, 11) is 0. The van der Waals surface area contributed by atoms with E-state index in [-0.39, 0.29) is 53.7 Å². The molecule has 0 radical (unpaired) electrons. The molecule has 7 fully saturated rings. The molecular formula is C45H72N2O7. The van der Waals surface area contributed by atoms with Crippen molar-refractivity contribution in [2.24, 2.45) is 63.4 Å². The number of ether oxygens (including phenoxy) is 2. The fourth-order valence-corrected chi connectivity index (χ4v) is 15.7. The third-order valence-electron chi connectivity index (χ3n) is 19.0. The van der Waals surface area contributed by atoms with Gasteiger partial charge in [0.15, 0.2) is 5.78 Å². The Kier molecular flexibility index (Phi) is 9.51. The van der Waals surface area contributed by atoms with Crippen LogP contribution in [0.25, 0.3) is 0 Å². The van der Waals surface area contributed by atoms with Crippen molar-refractivity contribution >= 4 is 5.78 Å². The molecule has 6 aliphatic carbocycles. The lowest BCUT2D eigenvalue weighted by molar-refractivity contribution is -0.201. The molecule has 3 saturated heterocycles. The lowest BCUT2D eigenvalue weighted by Crippen LogP contribution is -2.66.